The van der Waals surface area contributed by atoms with Crippen molar-refractivity contribution >= 4 is 17.9 Å². The molecule has 0 bridgehead atoms. The molecule has 2 amide bonds. The summed E-state index contributed by atoms with van der Waals surface area (Å²) in [7, 11) is 0. The second-order valence-corrected chi connectivity index (χ2v) is 4.35. The molecule has 2 aromatic rings. The molecule has 3 N–H and O–H groups in total. The summed E-state index contributed by atoms with van der Waals surface area (Å²) in [4.78, 5) is 11.6. The molecule has 0 saturated carbocycles. The maximum Gasteiger partial charge on any atom is 0.339 e. The molecule has 0 aliphatic heterocycles. The van der Waals surface area contributed by atoms with Gasteiger partial charge in [-0.2, -0.15) is 5.10 Å². The Labute approximate surface area is 128 Å². The molecule has 0 atom stereocenters. The van der Waals surface area contributed by atoms with Crippen molar-refractivity contribution in [2.45, 2.75) is 6.92 Å². The minimum absolute atomic E-state index is 0.0637. The molecule has 0 saturated heterocycles. The Hall–Kier alpha value is -3.02. The lowest BCUT2D eigenvalue weighted by atomic mass is 10.2. The lowest BCUT2D eigenvalue weighted by Crippen LogP contribution is -2.24. The smallest absolute Gasteiger partial charge is 0.339 e. The van der Waals surface area contributed by atoms with Crippen LogP contribution >= 0.6 is 0 Å². The van der Waals surface area contributed by atoms with Crippen LogP contribution in [0, 0.1) is 0 Å². The number of anilines is 1. The van der Waals surface area contributed by atoms with Crippen LogP contribution in [-0.4, -0.2) is 24.0 Å². The van der Waals surface area contributed by atoms with Gasteiger partial charge < -0.3 is 15.2 Å². The number of amides is 2. The molecule has 22 heavy (non-hydrogen) atoms. The van der Waals surface area contributed by atoms with Gasteiger partial charge in [0.1, 0.15) is 0 Å². The van der Waals surface area contributed by atoms with Crippen LogP contribution in [0.1, 0.15) is 12.5 Å². The van der Waals surface area contributed by atoms with Gasteiger partial charge in [-0.25, -0.2) is 10.2 Å². The highest BCUT2D eigenvalue weighted by molar-refractivity contribution is 5.90. The van der Waals surface area contributed by atoms with E-state index in [-0.39, 0.29) is 5.75 Å². The van der Waals surface area contributed by atoms with Crippen LogP contribution in [0.2, 0.25) is 0 Å². The summed E-state index contributed by atoms with van der Waals surface area (Å²) in [5.74, 6) is 0.439. The zero-order chi connectivity index (χ0) is 15.8. The average Bonchev–Trinajstić information content (AvgIpc) is 2.51. The molecule has 0 fully saturated rings. The quantitative estimate of drug-likeness (QED) is 0.586. The first kappa shape index (κ1) is 15.4. The highest BCUT2D eigenvalue weighted by Gasteiger charge is 2.02. The Balaban J connectivity index is 1.92. The molecule has 0 radical (unpaired) electrons. The van der Waals surface area contributed by atoms with Crippen molar-refractivity contribution in [2.75, 3.05) is 11.9 Å². The topological polar surface area (TPSA) is 83.0 Å². The van der Waals surface area contributed by atoms with E-state index < -0.39 is 6.03 Å². The molecule has 0 aromatic heterocycles. The molecule has 0 unspecified atom stereocenters. The number of hydrogen-bond donors (Lipinski definition) is 3. The maximum atomic E-state index is 11.6. The SMILES string of the molecule is CCOc1cc(C=NNC(=O)Nc2ccccc2)ccc1O. The Bertz CT molecular complexity index is 657. The first-order valence-electron chi connectivity index (χ1n) is 6.80. The van der Waals surface area contributed by atoms with Gasteiger partial charge in [0.25, 0.3) is 0 Å². The molecule has 6 nitrogen and oxygen atoms in total. The molecular formula is C16H17N3O3. The fourth-order valence-electron chi connectivity index (χ4n) is 1.73. The van der Waals surface area contributed by atoms with E-state index in [1.807, 2.05) is 25.1 Å². The standard InChI is InChI=1S/C16H17N3O3/c1-2-22-15-10-12(8-9-14(15)20)11-17-19-16(21)18-13-6-4-3-5-7-13/h3-11,20H,2H2,1H3,(H2,18,19,21). The van der Waals surface area contributed by atoms with E-state index in [1.54, 1.807) is 24.3 Å². The molecule has 0 heterocycles. The number of phenols is 1. The third-order valence-electron chi connectivity index (χ3n) is 2.70. The largest absolute Gasteiger partial charge is 0.504 e. The van der Waals surface area contributed by atoms with Crippen molar-refractivity contribution in [1.82, 2.24) is 5.43 Å². The molecule has 0 aliphatic rings. The summed E-state index contributed by atoms with van der Waals surface area (Å²) >= 11 is 0. The number of urea groups is 1. The molecule has 114 valence electrons. The number of hydrogen-bond acceptors (Lipinski definition) is 4. The van der Waals surface area contributed by atoms with Crippen LogP contribution in [0.25, 0.3) is 0 Å². The monoisotopic (exact) mass is 299 g/mol. The van der Waals surface area contributed by atoms with Crippen LogP contribution in [-0.2, 0) is 0 Å². The average molecular weight is 299 g/mol. The first-order valence-corrected chi connectivity index (χ1v) is 6.80. The Morgan fingerprint density at radius 2 is 2.05 bits per heavy atom. The van der Waals surface area contributed by atoms with E-state index in [4.69, 9.17) is 4.74 Å². The van der Waals surface area contributed by atoms with Crippen LogP contribution in [0.3, 0.4) is 0 Å². The van der Waals surface area contributed by atoms with Crippen molar-refractivity contribution in [1.29, 1.82) is 0 Å². The lowest BCUT2D eigenvalue weighted by molar-refractivity contribution is 0.252. The minimum Gasteiger partial charge on any atom is -0.504 e. The second-order valence-electron chi connectivity index (χ2n) is 4.35. The van der Waals surface area contributed by atoms with Gasteiger partial charge in [-0.05, 0) is 42.8 Å². The predicted molar refractivity (Wildman–Crippen MR) is 85.5 cm³/mol. The van der Waals surface area contributed by atoms with Crippen LogP contribution in [0.4, 0.5) is 10.5 Å². The number of benzene rings is 2. The Morgan fingerprint density at radius 3 is 2.77 bits per heavy atom. The number of carbonyl (C=O) groups excluding carboxylic acids is 1. The number of rotatable bonds is 5. The van der Waals surface area contributed by atoms with Crippen molar-refractivity contribution in [2.24, 2.45) is 5.10 Å². The lowest BCUT2D eigenvalue weighted by Gasteiger charge is -2.06. The summed E-state index contributed by atoms with van der Waals surface area (Å²) in [6.07, 6.45) is 1.46. The zero-order valence-corrected chi connectivity index (χ0v) is 12.1. The summed E-state index contributed by atoms with van der Waals surface area (Å²) in [5.41, 5.74) is 3.74. The number of nitrogens with one attached hydrogen (secondary N) is 2. The summed E-state index contributed by atoms with van der Waals surface area (Å²) < 4.78 is 5.27. The van der Waals surface area contributed by atoms with Crippen LogP contribution in [0.15, 0.2) is 53.6 Å². The van der Waals surface area contributed by atoms with Gasteiger partial charge >= 0.3 is 6.03 Å². The molecule has 2 rings (SSSR count). The van der Waals surface area contributed by atoms with Crippen LogP contribution < -0.4 is 15.5 Å². The Kier molecular flexibility index (Phi) is 5.37. The van der Waals surface area contributed by atoms with Crippen molar-refractivity contribution in [3.63, 3.8) is 0 Å². The third kappa shape index (κ3) is 4.52. The van der Waals surface area contributed by atoms with Crippen molar-refractivity contribution < 1.29 is 14.6 Å². The van der Waals surface area contributed by atoms with Gasteiger partial charge in [-0.15, -0.1) is 0 Å². The zero-order valence-electron chi connectivity index (χ0n) is 12.1. The Morgan fingerprint density at radius 1 is 1.27 bits per heavy atom. The summed E-state index contributed by atoms with van der Waals surface area (Å²) in [6, 6.07) is 13.4. The van der Waals surface area contributed by atoms with Gasteiger partial charge in [-0.3, -0.25) is 0 Å². The molecule has 6 heteroatoms. The first-order chi connectivity index (χ1) is 10.7. The van der Waals surface area contributed by atoms with Crippen LogP contribution in [0.5, 0.6) is 11.5 Å². The maximum absolute atomic E-state index is 11.6. The molecule has 0 aliphatic carbocycles. The number of aromatic hydroxyl groups is 1. The number of phenolic OH excluding ortho intramolecular Hbond substituents is 1. The normalized spacial score (nSPS) is 10.4. The summed E-state index contributed by atoms with van der Waals surface area (Å²) in [6.45, 7) is 2.28. The predicted octanol–water partition coefficient (Wildman–Crippen LogP) is 2.95. The number of hydrazone groups is 1. The van der Waals surface area contributed by atoms with E-state index in [2.05, 4.69) is 15.8 Å². The van der Waals surface area contributed by atoms with Crippen molar-refractivity contribution in [3.05, 3.63) is 54.1 Å². The van der Waals surface area contributed by atoms with E-state index in [0.29, 0.717) is 23.6 Å². The minimum atomic E-state index is -0.439. The second kappa shape index (κ2) is 7.68. The highest BCUT2D eigenvalue weighted by Crippen LogP contribution is 2.26. The summed E-state index contributed by atoms with van der Waals surface area (Å²) in [5, 5.41) is 16.1. The number of nitrogens with zero attached hydrogens (tertiary/aromatic N) is 1. The molecule has 0 spiro atoms. The van der Waals surface area contributed by atoms with Gasteiger partial charge in [0.15, 0.2) is 11.5 Å². The van der Waals surface area contributed by atoms with E-state index >= 15 is 0 Å². The fraction of sp³-hybridized carbons (Fsp3) is 0.125. The molecular weight excluding hydrogens is 282 g/mol. The van der Waals surface area contributed by atoms with Crippen molar-refractivity contribution in [3.8, 4) is 11.5 Å². The van der Waals surface area contributed by atoms with E-state index in [0.717, 1.165) is 0 Å². The number of ether oxygens (including phenoxy) is 1. The molecule has 2 aromatic carbocycles. The van der Waals surface area contributed by atoms with Gasteiger partial charge in [0.2, 0.25) is 0 Å². The number of para-hydroxylation sites is 1. The van der Waals surface area contributed by atoms with Gasteiger partial charge in [-0.1, -0.05) is 18.2 Å². The number of carbonyl (C=O) groups is 1. The van der Waals surface area contributed by atoms with E-state index in [9.17, 15) is 9.90 Å². The van der Waals surface area contributed by atoms with E-state index in [1.165, 1.54) is 12.3 Å². The fourth-order valence-corrected chi connectivity index (χ4v) is 1.73. The highest BCUT2D eigenvalue weighted by atomic mass is 16.5. The van der Waals surface area contributed by atoms with Gasteiger partial charge in [0, 0.05) is 5.69 Å². The van der Waals surface area contributed by atoms with Gasteiger partial charge in [0.05, 0.1) is 12.8 Å². The third-order valence-corrected chi connectivity index (χ3v) is 2.70.